The quantitative estimate of drug-likeness (QED) is 0.910. The van der Waals surface area contributed by atoms with Crippen LogP contribution in [0.5, 0.6) is 5.75 Å². The van der Waals surface area contributed by atoms with E-state index < -0.39 is 5.82 Å². The molecular formula is C18H26FN3O2. The number of ether oxygens (including phenoxy) is 1. The molecule has 0 saturated carbocycles. The highest BCUT2D eigenvalue weighted by atomic mass is 19.1. The maximum atomic E-state index is 14.0. The van der Waals surface area contributed by atoms with Crippen molar-refractivity contribution in [2.45, 2.75) is 31.3 Å². The highest BCUT2D eigenvalue weighted by Gasteiger charge is 2.31. The highest BCUT2D eigenvalue weighted by Crippen LogP contribution is 2.22. The number of likely N-dealkylation sites (tertiary alicyclic amines) is 2. The molecule has 1 unspecified atom stereocenters. The molecule has 0 aliphatic carbocycles. The van der Waals surface area contributed by atoms with Crippen LogP contribution in [-0.4, -0.2) is 68.1 Å². The molecule has 2 aliphatic rings. The van der Waals surface area contributed by atoms with Crippen LogP contribution in [0.1, 0.15) is 29.6 Å². The SMILES string of the molecule is COc1ccc(C(=O)NC2CCN(C3CCN(C)CC3)C2)c(F)c1. The molecule has 0 aromatic heterocycles. The largest absolute Gasteiger partial charge is 0.497 e. The Morgan fingerprint density at radius 3 is 2.67 bits per heavy atom. The van der Waals surface area contributed by atoms with Crippen molar-refractivity contribution in [2.24, 2.45) is 0 Å². The minimum absolute atomic E-state index is 0.0774. The molecule has 1 amide bonds. The second kappa shape index (κ2) is 7.49. The molecule has 1 aromatic carbocycles. The zero-order valence-electron chi connectivity index (χ0n) is 14.4. The Kier molecular flexibility index (Phi) is 5.36. The van der Waals surface area contributed by atoms with Crippen LogP contribution in [-0.2, 0) is 0 Å². The molecule has 1 N–H and O–H groups in total. The van der Waals surface area contributed by atoms with Crippen LogP contribution >= 0.6 is 0 Å². The van der Waals surface area contributed by atoms with Gasteiger partial charge in [-0.25, -0.2) is 4.39 Å². The minimum Gasteiger partial charge on any atom is -0.497 e. The fourth-order valence-electron chi connectivity index (χ4n) is 3.67. The lowest BCUT2D eigenvalue weighted by Crippen LogP contribution is -2.44. The summed E-state index contributed by atoms with van der Waals surface area (Å²) >= 11 is 0. The van der Waals surface area contributed by atoms with Gasteiger partial charge in [-0.15, -0.1) is 0 Å². The Labute approximate surface area is 142 Å². The average molecular weight is 335 g/mol. The van der Waals surface area contributed by atoms with Gasteiger partial charge in [0.05, 0.1) is 12.7 Å². The van der Waals surface area contributed by atoms with E-state index >= 15 is 0 Å². The third kappa shape index (κ3) is 3.87. The third-order valence-electron chi connectivity index (χ3n) is 5.18. The number of hydrogen-bond donors (Lipinski definition) is 1. The van der Waals surface area contributed by atoms with Gasteiger partial charge in [0.2, 0.25) is 0 Å². The molecule has 6 heteroatoms. The van der Waals surface area contributed by atoms with E-state index in [-0.39, 0.29) is 17.5 Å². The zero-order chi connectivity index (χ0) is 17.1. The number of benzene rings is 1. The molecule has 5 nitrogen and oxygen atoms in total. The normalized spacial score (nSPS) is 23.4. The summed E-state index contributed by atoms with van der Waals surface area (Å²) in [4.78, 5) is 17.2. The summed E-state index contributed by atoms with van der Waals surface area (Å²) in [6.45, 7) is 4.13. The summed E-state index contributed by atoms with van der Waals surface area (Å²) in [6, 6.07) is 5.04. The Morgan fingerprint density at radius 1 is 1.25 bits per heavy atom. The molecule has 24 heavy (non-hydrogen) atoms. The smallest absolute Gasteiger partial charge is 0.254 e. The maximum absolute atomic E-state index is 14.0. The molecule has 0 bridgehead atoms. The standard InChI is InChI=1S/C18H26FN3O2/c1-21-8-6-14(7-9-21)22-10-5-13(12-22)20-18(23)16-4-3-15(24-2)11-17(16)19/h3-4,11,13-14H,5-10,12H2,1-2H3,(H,20,23). The van der Waals surface area contributed by atoms with Crippen molar-refractivity contribution in [3.8, 4) is 5.75 Å². The molecule has 2 heterocycles. The van der Waals surface area contributed by atoms with Crippen molar-refractivity contribution >= 4 is 5.91 Å². The monoisotopic (exact) mass is 335 g/mol. The molecule has 2 aliphatic heterocycles. The molecular weight excluding hydrogens is 309 g/mol. The van der Waals surface area contributed by atoms with E-state index in [1.807, 2.05) is 0 Å². The molecule has 1 atom stereocenters. The van der Waals surface area contributed by atoms with Crippen LogP contribution < -0.4 is 10.1 Å². The molecule has 0 radical (unpaired) electrons. The van der Waals surface area contributed by atoms with Gasteiger partial charge in [-0.05, 0) is 51.5 Å². The number of nitrogens with one attached hydrogen (secondary N) is 1. The van der Waals surface area contributed by atoms with Crippen LogP contribution in [0.25, 0.3) is 0 Å². The summed E-state index contributed by atoms with van der Waals surface area (Å²) in [7, 11) is 3.64. The van der Waals surface area contributed by atoms with Gasteiger partial charge in [0, 0.05) is 31.2 Å². The summed E-state index contributed by atoms with van der Waals surface area (Å²) in [5.74, 6) is -0.472. The second-order valence-corrected chi connectivity index (χ2v) is 6.83. The first-order chi connectivity index (χ1) is 11.6. The first-order valence-corrected chi connectivity index (χ1v) is 8.64. The molecule has 2 fully saturated rings. The fourth-order valence-corrected chi connectivity index (χ4v) is 3.67. The number of carbonyl (C=O) groups excluding carboxylic acids is 1. The van der Waals surface area contributed by atoms with Gasteiger partial charge >= 0.3 is 0 Å². The Hall–Kier alpha value is -1.66. The summed E-state index contributed by atoms with van der Waals surface area (Å²) in [5, 5.41) is 2.98. The van der Waals surface area contributed by atoms with Crippen LogP contribution in [0.3, 0.4) is 0 Å². The van der Waals surface area contributed by atoms with Gasteiger partial charge in [-0.1, -0.05) is 0 Å². The lowest BCUT2D eigenvalue weighted by molar-refractivity contribution is 0.0928. The van der Waals surface area contributed by atoms with Gasteiger partial charge in [-0.2, -0.15) is 0 Å². The van der Waals surface area contributed by atoms with Gasteiger partial charge < -0.3 is 15.0 Å². The van der Waals surface area contributed by atoms with Gasteiger partial charge in [-0.3, -0.25) is 9.69 Å². The molecule has 1 aromatic rings. The Balaban J connectivity index is 1.54. The van der Waals surface area contributed by atoms with Crippen molar-refractivity contribution in [1.82, 2.24) is 15.1 Å². The van der Waals surface area contributed by atoms with Crippen LogP contribution in [0.15, 0.2) is 18.2 Å². The predicted octanol–water partition coefficient (Wildman–Crippen LogP) is 1.73. The van der Waals surface area contributed by atoms with E-state index in [9.17, 15) is 9.18 Å². The zero-order valence-corrected chi connectivity index (χ0v) is 14.4. The number of halogens is 1. The molecule has 3 rings (SSSR count). The number of methoxy groups -OCH3 is 1. The first-order valence-electron chi connectivity index (χ1n) is 8.64. The lowest BCUT2D eigenvalue weighted by Gasteiger charge is -2.35. The predicted molar refractivity (Wildman–Crippen MR) is 90.9 cm³/mol. The van der Waals surface area contributed by atoms with Crippen molar-refractivity contribution in [1.29, 1.82) is 0 Å². The van der Waals surface area contributed by atoms with Gasteiger partial charge in [0.1, 0.15) is 11.6 Å². The minimum atomic E-state index is -0.544. The van der Waals surface area contributed by atoms with Gasteiger partial charge in [0.25, 0.3) is 5.91 Å². The topological polar surface area (TPSA) is 44.8 Å². The summed E-state index contributed by atoms with van der Waals surface area (Å²) in [6.07, 6.45) is 3.30. The van der Waals surface area contributed by atoms with Crippen molar-refractivity contribution in [2.75, 3.05) is 40.3 Å². The van der Waals surface area contributed by atoms with Gasteiger partial charge in [0.15, 0.2) is 0 Å². The number of piperidine rings is 1. The van der Waals surface area contributed by atoms with E-state index in [4.69, 9.17) is 4.74 Å². The number of rotatable bonds is 4. The van der Waals surface area contributed by atoms with Crippen LogP contribution in [0, 0.1) is 5.82 Å². The second-order valence-electron chi connectivity index (χ2n) is 6.83. The average Bonchev–Trinajstić information content (AvgIpc) is 3.03. The number of carbonyl (C=O) groups is 1. The molecule has 2 saturated heterocycles. The van der Waals surface area contributed by atoms with E-state index in [1.54, 1.807) is 6.07 Å². The highest BCUT2D eigenvalue weighted by molar-refractivity contribution is 5.94. The Bertz CT molecular complexity index is 588. The number of amides is 1. The van der Waals surface area contributed by atoms with E-state index in [0.29, 0.717) is 11.8 Å². The van der Waals surface area contributed by atoms with Crippen LogP contribution in [0.4, 0.5) is 4.39 Å². The lowest BCUT2D eigenvalue weighted by atomic mass is 10.0. The van der Waals surface area contributed by atoms with Crippen molar-refractivity contribution in [3.63, 3.8) is 0 Å². The molecule has 132 valence electrons. The molecule has 0 spiro atoms. The van der Waals surface area contributed by atoms with Crippen molar-refractivity contribution < 1.29 is 13.9 Å². The third-order valence-corrected chi connectivity index (χ3v) is 5.18. The van der Waals surface area contributed by atoms with Crippen molar-refractivity contribution in [3.05, 3.63) is 29.6 Å². The maximum Gasteiger partial charge on any atom is 0.254 e. The summed E-state index contributed by atoms with van der Waals surface area (Å²) < 4.78 is 19.0. The van der Waals surface area contributed by atoms with E-state index in [2.05, 4.69) is 22.2 Å². The first kappa shape index (κ1) is 17.2. The van der Waals surface area contributed by atoms with E-state index in [1.165, 1.54) is 32.1 Å². The number of nitrogens with zero attached hydrogens (tertiary/aromatic N) is 2. The van der Waals surface area contributed by atoms with Crippen LogP contribution in [0.2, 0.25) is 0 Å². The number of hydrogen-bond acceptors (Lipinski definition) is 4. The van der Waals surface area contributed by atoms with E-state index in [0.717, 1.165) is 32.6 Å². The summed E-state index contributed by atoms with van der Waals surface area (Å²) in [5.41, 5.74) is 0.0774. The fraction of sp³-hybridized carbons (Fsp3) is 0.611. The Morgan fingerprint density at radius 2 is 2.00 bits per heavy atom.